The lowest BCUT2D eigenvalue weighted by atomic mass is 10.1. The number of hydrogen-bond acceptors (Lipinski definition) is 3. The molecule has 0 aliphatic heterocycles. The predicted octanol–water partition coefficient (Wildman–Crippen LogP) is 4.92. The van der Waals surface area contributed by atoms with Crippen molar-refractivity contribution in [3.63, 3.8) is 0 Å². The van der Waals surface area contributed by atoms with E-state index in [0.29, 0.717) is 13.0 Å². The Hall–Kier alpha value is -1.22. The first kappa shape index (κ1) is 23.1. The van der Waals surface area contributed by atoms with Crippen LogP contribution in [-0.2, 0) is 11.3 Å². The molecule has 0 amide bonds. The van der Waals surface area contributed by atoms with E-state index in [1.54, 1.807) is 12.1 Å². The summed E-state index contributed by atoms with van der Waals surface area (Å²) >= 11 is 7.25. The highest BCUT2D eigenvalue weighted by Gasteiger charge is 2.24. The third kappa shape index (κ3) is 5.65. The van der Waals surface area contributed by atoms with Crippen molar-refractivity contribution in [1.29, 1.82) is 0 Å². The van der Waals surface area contributed by atoms with E-state index in [-0.39, 0.29) is 18.2 Å². The first-order chi connectivity index (χ1) is 13.1. The van der Waals surface area contributed by atoms with Gasteiger partial charge in [0.15, 0.2) is 0 Å². The second-order valence-electron chi connectivity index (χ2n) is 7.10. The van der Waals surface area contributed by atoms with Crippen LogP contribution in [-0.4, -0.2) is 38.1 Å². The molecule has 1 aromatic heterocycles. The third-order valence-electron chi connectivity index (χ3n) is 4.49. The molecule has 0 fully saturated rings. The van der Waals surface area contributed by atoms with E-state index in [9.17, 15) is 19.4 Å². The van der Waals surface area contributed by atoms with Gasteiger partial charge in [-0.1, -0.05) is 13.8 Å². The zero-order valence-corrected chi connectivity index (χ0v) is 18.9. The highest BCUT2D eigenvalue weighted by atomic mass is 79.9. The summed E-state index contributed by atoms with van der Waals surface area (Å²) in [6.07, 6.45) is -1.97. The molecule has 3 N–H and O–H groups in total. The van der Waals surface area contributed by atoms with Gasteiger partial charge in [-0.25, -0.2) is 4.39 Å². The van der Waals surface area contributed by atoms with Crippen molar-refractivity contribution in [2.45, 2.75) is 57.8 Å². The Kier molecular flexibility index (Phi) is 8.24. The first-order valence-corrected chi connectivity index (χ1v) is 10.6. The summed E-state index contributed by atoms with van der Waals surface area (Å²) in [4.78, 5) is 10.7. The molecular weight excluding hydrogens is 497 g/mol. The van der Waals surface area contributed by atoms with Crippen molar-refractivity contribution in [2.24, 2.45) is 0 Å². The number of hydrogen-bond donors (Lipinski definition) is 3. The van der Waals surface area contributed by atoms with Gasteiger partial charge < -0.3 is 19.9 Å². The molecule has 0 bridgehead atoms. The van der Waals surface area contributed by atoms with Crippen molar-refractivity contribution in [3.05, 3.63) is 44.7 Å². The van der Waals surface area contributed by atoms with Crippen LogP contribution in [0, 0.1) is 5.82 Å². The first-order valence-electron chi connectivity index (χ1n) is 9.03. The molecule has 154 valence electrons. The maximum absolute atomic E-state index is 13.4. The van der Waals surface area contributed by atoms with Crippen LogP contribution in [0.25, 0.3) is 11.3 Å². The summed E-state index contributed by atoms with van der Waals surface area (Å²) in [5.41, 5.74) is 2.74. The van der Waals surface area contributed by atoms with E-state index in [1.807, 2.05) is 0 Å². The highest BCUT2D eigenvalue weighted by Crippen LogP contribution is 2.42. The summed E-state index contributed by atoms with van der Waals surface area (Å²) in [6, 6.07) is 6.21. The van der Waals surface area contributed by atoms with Crippen LogP contribution in [0.2, 0.25) is 0 Å². The molecule has 0 saturated carbocycles. The van der Waals surface area contributed by atoms with E-state index < -0.39 is 24.6 Å². The summed E-state index contributed by atoms with van der Waals surface area (Å²) in [5.74, 6) is -1.22. The lowest BCUT2D eigenvalue weighted by molar-refractivity contribution is -0.139. The van der Waals surface area contributed by atoms with Crippen LogP contribution in [0.5, 0.6) is 0 Å². The molecule has 8 heteroatoms. The number of aliphatic hydroxyl groups is 2. The number of carboxylic acids is 1. The average molecular weight is 521 g/mol. The Bertz CT molecular complexity index is 821. The Morgan fingerprint density at radius 2 is 1.71 bits per heavy atom. The summed E-state index contributed by atoms with van der Waals surface area (Å²) in [5, 5.41) is 28.7. The number of rotatable bonds is 9. The molecule has 0 unspecified atom stereocenters. The predicted molar refractivity (Wildman–Crippen MR) is 113 cm³/mol. The number of halogens is 3. The summed E-state index contributed by atoms with van der Waals surface area (Å²) in [6.45, 7) is 4.58. The molecule has 0 saturated heterocycles. The molecule has 28 heavy (non-hydrogen) atoms. The second-order valence-corrected chi connectivity index (χ2v) is 8.69. The smallest absolute Gasteiger partial charge is 0.305 e. The second kappa shape index (κ2) is 10.0. The van der Waals surface area contributed by atoms with Gasteiger partial charge in [-0.05, 0) is 80.4 Å². The zero-order chi connectivity index (χ0) is 21.0. The molecule has 2 atom stereocenters. The average Bonchev–Trinajstić information content (AvgIpc) is 2.84. The van der Waals surface area contributed by atoms with Crippen molar-refractivity contribution < 1.29 is 24.5 Å². The lowest BCUT2D eigenvalue weighted by Gasteiger charge is -2.19. The van der Waals surface area contributed by atoms with Crippen LogP contribution in [0.15, 0.2) is 33.2 Å². The summed E-state index contributed by atoms with van der Waals surface area (Å²) in [7, 11) is 0. The fraction of sp³-hybridized carbons (Fsp3) is 0.450. The van der Waals surface area contributed by atoms with Gasteiger partial charge in [0.1, 0.15) is 5.82 Å². The molecule has 0 aliphatic rings. The monoisotopic (exact) mass is 519 g/mol. The van der Waals surface area contributed by atoms with Crippen molar-refractivity contribution >= 4 is 37.8 Å². The van der Waals surface area contributed by atoms with Crippen LogP contribution in [0.3, 0.4) is 0 Å². The Labute approximate surface area is 180 Å². The zero-order valence-electron chi connectivity index (χ0n) is 15.7. The van der Waals surface area contributed by atoms with Gasteiger partial charge in [-0.3, -0.25) is 4.79 Å². The molecule has 1 heterocycles. The fourth-order valence-electron chi connectivity index (χ4n) is 3.26. The van der Waals surface area contributed by atoms with E-state index in [0.717, 1.165) is 25.9 Å². The van der Waals surface area contributed by atoms with Crippen LogP contribution >= 0.6 is 31.9 Å². The van der Waals surface area contributed by atoms with Crippen LogP contribution < -0.4 is 0 Å². The van der Waals surface area contributed by atoms with Gasteiger partial charge >= 0.3 is 5.97 Å². The van der Waals surface area contributed by atoms with E-state index in [1.165, 1.54) is 12.1 Å². The highest BCUT2D eigenvalue weighted by molar-refractivity contribution is 9.13. The van der Waals surface area contributed by atoms with E-state index in [2.05, 4.69) is 50.3 Å². The largest absolute Gasteiger partial charge is 0.481 e. The number of aliphatic hydroxyl groups excluding tert-OH is 2. The summed E-state index contributed by atoms with van der Waals surface area (Å²) < 4.78 is 17.2. The number of carbonyl (C=O) groups is 1. The fourth-order valence-corrected chi connectivity index (χ4v) is 4.76. The SMILES string of the molecule is CC(C)c1c(Br)c(Br)c(-c2ccc(F)cc2)n1CC[C@@H](O)C[C@@H](O)CC(=O)O. The van der Waals surface area contributed by atoms with Crippen molar-refractivity contribution in [3.8, 4) is 11.3 Å². The van der Waals surface area contributed by atoms with Gasteiger partial charge in [0.2, 0.25) is 0 Å². The molecule has 1 aromatic carbocycles. The molecule has 0 aliphatic carbocycles. The molecule has 0 radical (unpaired) electrons. The number of carboxylic acid groups (broad SMARTS) is 1. The Morgan fingerprint density at radius 1 is 1.11 bits per heavy atom. The van der Waals surface area contributed by atoms with Crippen molar-refractivity contribution in [1.82, 2.24) is 4.57 Å². The minimum Gasteiger partial charge on any atom is -0.481 e. The van der Waals surface area contributed by atoms with Crippen LogP contribution in [0.1, 0.15) is 44.7 Å². The minimum atomic E-state index is -1.10. The maximum atomic E-state index is 13.4. The molecule has 2 rings (SSSR count). The van der Waals surface area contributed by atoms with Crippen molar-refractivity contribution in [2.75, 3.05) is 0 Å². The van der Waals surface area contributed by atoms with Gasteiger partial charge in [-0.2, -0.15) is 0 Å². The third-order valence-corrected chi connectivity index (χ3v) is 6.60. The van der Waals surface area contributed by atoms with Gasteiger partial charge in [0.05, 0.1) is 33.3 Å². The Morgan fingerprint density at radius 3 is 2.25 bits per heavy atom. The van der Waals surface area contributed by atoms with Gasteiger partial charge in [0.25, 0.3) is 0 Å². The van der Waals surface area contributed by atoms with Crippen LogP contribution in [0.4, 0.5) is 4.39 Å². The molecular formula is C20H24Br2FNO4. The Balaban J connectivity index is 2.30. The lowest BCUT2D eigenvalue weighted by Crippen LogP contribution is -2.22. The molecule has 0 spiro atoms. The maximum Gasteiger partial charge on any atom is 0.305 e. The number of aromatic nitrogens is 1. The van der Waals surface area contributed by atoms with Gasteiger partial charge in [-0.15, -0.1) is 0 Å². The van der Waals surface area contributed by atoms with E-state index >= 15 is 0 Å². The number of aliphatic carboxylic acids is 1. The standard InChI is InChI=1S/C20H24Br2FNO4/c1-11(2)19-17(21)18(22)20(12-3-5-13(23)6-4-12)24(19)8-7-14(25)9-15(26)10-16(27)28/h3-6,11,14-15,25-26H,7-10H2,1-2H3,(H,27,28)/t14-,15-/m1/s1. The molecule has 2 aromatic rings. The van der Waals surface area contributed by atoms with Gasteiger partial charge in [0, 0.05) is 12.2 Å². The minimum absolute atomic E-state index is 0.00119. The number of benzene rings is 1. The quantitative estimate of drug-likeness (QED) is 0.438. The molecule has 5 nitrogen and oxygen atoms in total. The topological polar surface area (TPSA) is 82.7 Å². The van der Waals surface area contributed by atoms with E-state index in [4.69, 9.17) is 5.11 Å². The normalized spacial score (nSPS) is 13.7. The number of nitrogens with zero attached hydrogens (tertiary/aromatic N) is 1.